The zero-order valence-electron chi connectivity index (χ0n) is 13.1. The average molecular weight is 373 g/mol. The van der Waals surface area contributed by atoms with Crippen LogP contribution in [-0.4, -0.2) is 33.3 Å². The van der Waals surface area contributed by atoms with Crippen molar-refractivity contribution in [1.29, 1.82) is 0 Å². The van der Waals surface area contributed by atoms with Crippen LogP contribution < -0.4 is 10.6 Å². The lowest BCUT2D eigenvalue weighted by atomic mass is 10.3. The normalized spacial score (nSPS) is 10.4. The molecular weight excluding hydrogens is 358 g/mol. The summed E-state index contributed by atoms with van der Waals surface area (Å²) in [6.07, 6.45) is 5.32. The molecule has 128 valence electrons. The van der Waals surface area contributed by atoms with E-state index in [1.54, 1.807) is 16.7 Å². The number of hydrogen-bond donors (Lipinski definition) is 2. The number of thiazole rings is 1. The summed E-state index contributed by atoms with van der Waals surface area (Å²) in [7, 11) is 0. The largest absolute Gasteiger partial charge is 0.355 e. The summed E-state index contributed by atoms with van der Waals surface area (Å²) < 4.78 is 0. The SMILES string of the molecule is O=C(Cc1csc(NC(=O)c2cnccn2)n1)NCCc1cccs1. The Kier molecular flexibility index (Phi) is 5.81. The van der Waals surface area contributed by atoms with Gasteiger partial charge in [0, 0.05) is 29.2 Å². The Morgan fingerprint density at radius 3 is 2.88 bits per heavy atom. The van der Waals surface area contributed by atoms with Crippen molar-refractivity contribution >= 4 is 39.6 Å². The van der Waals surface area contributed by atoms with Crippen molar-refractivity contribution < 1.29 is 9.59 Å². The van der Waals surface area contributed by atoms with Crippen LogP contribution in [0.5, 0.6) is 0 Å². The predicted octanol–water partition coefficient (Wildman–Crippen LogP) is 2.15. The Morgan fingerprint density at radius 2 is 2.12 bits per heavy atom. The summed E-state index contributed by atoms with van der Waals surface area (Å²) in [5.41, 5.74) is 0.832. The van der Waals surface area contributed by atoms with Gasteiger partial charge in [-0.25, -0.2) is 9.97 Å². The maximum Gasteiger partial charge on any atom is 0.277 e. The van der Waals surface area contributed by atoms with Gasteiger partial charge in [0.25, 0.3) is 5.91 Å². The minimum absolute atomic E-state index is 0.0892. The first kappa shape index (κ1) is 17.2. The van der Waals surface area contributed by atoms with Gasteiger partial charge >= 0.3 is 0 Å². The fourth-order valence-corrected chi connectivity index (χ4v) is 3.44. The van der Waals surface area contributed by atoms with Crippen molar-refractivity contribution in [3.63, 3.8) is 0 Å². The highest BCUT2D eigenvalue weighted by Gasteiger charge is 2.12. The molecule has 7 nitrogen and oxygen atoms in total. The van der Waals surface area contributed by atoms with Crippen LogP contribution in [0.3, 0.4) is 0 Å². The smallest absolute Gasteiger partial charge is 0.277 e. The van der Waals surface area contributed by atoms with E-state index >= 15 is 0 Å². The number of carbonyl (C=O) groups excluding carboxylic acids is 2. The lowest BCUT2D eigenvalue weighted by molar-refractivity contribution is -0.120. The first-order chi connectivity index (χ1) is 12.2. The third-order valence-corrected chi connectivity index (χ3v) is 4.93. The molecule has 9 heteroatoms. The summed E-state index contributed by atoms with van der Waals surface area (Å²) in [6, 6.07) is 4.04. The summed E-state index contributed by atoms with van der Waals surface area (Å²) in [5.74, 6) is -0.469. The maximum atomic E-state index is 12.0. The predicted molar refractivity (Wildman–Crippen MR) is 96.8 cm³/mol. The quantitative estimate of drug-likeness (QED) is 0.661. The number of nitrogens with zero attached hydrogens (tertiary/aromatic N) is 3. The van der Waals surface area contributed by atoms with E-state index in [4.69, 9.17) is 0 Å². The average Bonchev–Trinajstić information content (AvgIpc) is 3.28. The van der Waals surface area contributed by atoms with Crippen LogP contribution in [0.25, 0.3) is 0 Å². The van der Waals surface area contributed by atoms with Crippen molar-refractivity contribution in [1.82, 2.24) is 20.3 Å². The highest BCUT2D eigenvalue weighted by molar-refractivity contribution is 7.14. The van der Waals surface area contributed by atoms with Crippen molar-refractivity contribution in [2.24, 2.45) is 0 Å². The van der Waals surface area contributed by atoms with Gasteiger partial charge in [0.1, 0.15) is 5.69 Å². The molecule has 0 saturated heterocycles. The molecule has 0 aliphatic carbocycles. The van der Waals surface area contributed by atoms with Crippen LogP contribution in [0.2, 0.25) is 0 Å². The van der Waals surface area contributed by atoms with Gasteiger partial charge in [-0.05, 0) is 17.9 Å². The van der Waals surface area contributed by atoms with Gasteiger partial charge in [-0.2, -0.15) is 0 Å². The molecule has 3 aromatic rings. The zero-order chi connectivity index (χ0) is 17.5. The molecule has 0 aromatic carbocycles. The van der Waals surface area contributed by atoms with E-state index in [-0.39, 0.29) is 23.9 Å². The maximum absolute atomic E-state index is 12.0. The van der Waals surface area contributed by atoms with Gasteiger partial charge in [0.2, 0.25) is 5.91 Å². The third-order valence-electron chi connectivity index (χ3n) is 3.18. The van der Waals surface area contributed by atoms with Crippen LogP contribution >= 0.6 is 22.7 Å². The van der Waals surface area contributed by atoms with Crippen molar-refractivity contribution in [3.8, 4) is 0 Å². The molecule has 2 N–H and O–H groups in total. The number of anilines is 1. The number of hydrogen-bond acceptors (Lipinski definition) is 7. The molecule has 3 rings (SSSR count). The Labute approximate surface area is 152 Å². The van der Waals surface area contributed by atoms with Gasteiger partial charge in [0.15, 0.2) is 5.13 Å². The Morgan fingerprint density at radius 1 is 1.20 bits per heavy atom. The molecule has 0 radical (unpaired) electrons. The molecular formula is C16H15N5O2S2. The van der Waals surface area contributed by atoms with E-state index in [1.165, 1.54) is 34.8 Å². The fourth-order valence-electron chi connectivity index (χ4n) is 2.03. The van der Waals surface area contributed by atoms with E-state index in [1.807, 2.05) is 17.5 Å². The molecule has 0 unspecified atom stereocenters. The number of thiophene rings is 1. The first-order valence-corrected chi connectivity index (χ1v) is 9.27. The van der Waals surface area contributed by atoms with Crippen LogP contribution in [0.15, 0.2) is 41.5 Å². The summed E-state index contributed by atoms with van der Waals surface area (Å²) >= 11 is 2.94. The van der Waals surface area contributed by atoms with Crippen LogP contribution in [0.1, 0.15) is 21.1 Å². The molecule has 0 bridgehead atoms. The lowest BCUT2D eigenvalue weighted by Crippen LogP contribution is -2.27. The van der Waals surface area contributed by atoms with E-state index in [0.717, 1.165) is 6.42 Å². The van der Waals surface area contributed by atoms with Crippen molar-refractivity contribution in [2.75, 3.05) is 11.9 Å². The number of nitrogens with one attached hydrogen (secondary N) is 2. The minimum Gasteiger partial charge on any atom is -0.355 e. The lowest BCUT2D eigenvalue weighted by Gasteiger charge is -2.02. The summed E-state index contributed by atoms with van der Waals surface area (Å²) in [5, 5.41) is 9.72. The number of rotatable bonds is 7. The van der Waals surface area contributed by atoms with Gasteiger partial charge in [0.05, 0.1) is 18.3 Å². The van der Waals surface area contributed by atoms with Crippen LogP contribution in [-0.2, 0) is 17.6 Å². The van der Waals surface area contributed by atoms with Crippen LogP contribution in [0.4, 0.5) is 5.13 Å². The second kappa shape index (κ2) is 8.45. The standard InChI is InChI=1S/C16H15N5O2S2/c22-14(19-4-3-12-2-1-7-24-12)8-11-10-25-16(20-11)21-15(23)13-9-17-5-6-18-13/h1-2,5-7,9-10H,3-4,8H2,(H,19,22)(H,20,21,23). The van der Waals surface area contributed by atoms with E-state index in [9.17, 15) is 9.59 Å². The molecule has 0 spiro atoms. The van der Waals surface area contributed by atoms with E-state index in [0.29, 0.717) is 17.4 Å². The van der Waals surface area contributed by atoms with E-state index in [2.05, 4.69) is 25.6 Å². The molecule has 0 saturated carbocycles. The van der Waals surface area contributed by atoms with Gasteiger partial charge in [-0.1, -0.05) is 6.07 Å². The molecule has 0 atom stereocenters. The molecule has 3 aromatic heterocycles. The topological polar surface area (TPSA) is 96.9 Å². The summed E-state index contributed by atoms with van der Waals surface area (Å²) in [6.45, 7) is 0.597. The minimum atomic E-state index is -0.380. The Balaban J connectivity index is 1.46. The van der Waals surface area contributed by atoms with Crippen molar-refractivity contribution in [3.05, 3.63) is 57.7 Å². The van der Waals surface area contributed by atoms with Crippen LogP contribution in [0, 0.1) is 0 Å². The molecule has 0 fully saturated rings. The number of carbonyl (C=O) groups is 2. The van der Waals surface area contributed by atoms with E-state index < -0.39 is 0 Å². The zero-order valence-corrected chi connectivity index (χ0v) is 14.8. The van der Waals surface area contributed by atoms with Gasteiger partial charge in [-0.15, -0.1) is 22.7 Å². The molecule has 0 aliphatic rings. The molecule has 0 aliphatic heterocycles. The van der Waals surface area contributed by atoms with Gasteiger partial charge < -0.3 is 5.32 Å². The van der Waals surface area contributed by atoms with Gasteiger partial charge in [-0.3, -0.25) is 19.9 Å². The Hall–Kier alpha value is -2.65. The second-order valence-corrected chi connectivity index (χ2v) is 6.94. The molecule has 25 heavy (non-hydrogen) atoms. The monoisotopic (exact) mass is 373 g/mol. The Bertz CT molecular complexity index is 833. The van der Waals surface area contributed by atoms with Crippen molar-refractivity contribution in [2.45, 2.75) is 12.8 Å². The third kappa shape index (κ3) is 5.16. The molecule has 2 amide bonds. The number of amides is 2. The second-order valence-electron chi connectivity index (χ2n) is 5.04. The fraction of sp³-hybridized carbons (Fsp3) is 0.188. The first-order valence-electron chi connectivity index (χ1n) is 7.51. The highest BCUT2D eigenvalue weighted by Crippen LogP contribution is 2.16. The number of aromatic nitrogens is 3. The highest BCUT2D eigenvalue weighted by atomic mass is 32.1. The summed E-state index contributed by atoms with van der Waals surface area (Å²) in [4.78, 5) is 37.2. The molecule has 3 heterocycles.